The predicted octanol–water partition coefficient (Wildman–Crippen LogP) is 7.29. The van der Waals surface area contributed by atoms with Gasteiger partial charge >= 0.3 is 0 Å². The van der Waals surface area contributed by atoms with E-state index in [2.05, 4.69) is 99.4 Å². The topological polar surface area (TPSA) is 17.8 Å². The Bertz CT molecular complexity index is 1200. The van der Waals surface area contributed by atoms with Crippen LogP contribution >= 0.6 is 27.5 Å². The monoisotopic (exact) mass is 472 g/mol. The predicted molar refractivity (Wildman–Crippen MR) is 127 cm³/mol. The number of aromatic nitrogens is 2. The van der Waals surface area contributed by atoms with Crippen molar-refractivity contribution < 1.29 is 0 Å². The lowest BCUT2D eigenvalue weighted by atomic mass is 9.76. The molecule has 5 rings (SSSR count). The van der Waals surface area contributed by atoms with Crippen LogP contribution in [0.15, 0.2) is 114 Å². The first-order valence-electron chi connectivity index (χ1n) is 9.71. The van der Waals surface area contributed by atoms with Crippen LogP contribution in [0, 0.1) is 0 Å². The Labute approximate surface area is 188 Å². The fourth-order valence-corrected chi connectivity index (χ4v) is 4.78. The van der Waals surface area contributed by atoms with E-state index in [4.69, 9.17) is 16.6 Å². The van der Waals surface area contributed by atoms with Crippen molar-refractivity contribution in [1.82, 2.24) is 9.55 Å². The third kappa shape index (κ3) is 2.89. The smallest absolute Gasteiger partial charge is 0.122 e. The Balaban J connectivity index is 1.97. The Morgan fingerprint density at radius 2 is 1.13 bits per heavy atom. The summed E-state index contributed by atoms with van der Waals surface area (Å²) in [7, 11) is 0. The van der Waals surface area contributed by atoms with Crippen LogP contribution in [0.5, 0.6) is 0 Å². The van der Waals surface area contributed by atoms with Crippen LogP contribution in [0.2, 0.25) is 5.02 Å². The highest BCUT2D eigenvalue weighted by Gasteiger charge is 2.39. The highest BCUT2D eigenvalue weighted by molar-refractivity contribution is 9.10. The Kier molecular flexibility index (Phi) is 4.93. The lowest BCUT2D eigenvalue weighted by molar-refractivity contribution is 0.529. The minimum absolute atomic E-state index is 0.601. The fraction of sp³-hybridized carbons (Fsp3) is 0.0385. The summed E-state index contributed by atoms with van der Waals surface area (Å²) in [4.78, 5) is 4.72. The van der Waals surface area contributed by atoms with Crippen LogP contribution < -0.4 is 0 Å². The van der Waals surface area contributed by atoms with Crippen molar-refractivity contribution in [1.29, 1.82) is 0 Å². The SMILES string of the molecule is Clc1c(Br)ccc2c1ncn2C(c1ccccc1)(c1ccccc1)c1ccccc1. The largest absolute Gasteiger partial charge is 0.312 e. The van der Waals surface area contributed by atoms with Gasteiger partial charge < -0.3 is 4.57 Å². The number of fused-ring (bicyclic) bond motifs is 1. The molecule has 0 bridgehead atoms. The molecule has 30 heavy (non-hydrogen) atoms. The lowest BCUT2D eigenvalue weighted by Gasteiger charge is -2.38. The molecule has 1 heterocycles. The van der Waals surface area contributed by atoms with Crippen molar-refractivity contribution in [3.8, 4) is 0 Å². The van der Waals surface area contributed by atoms with Crippen molar-refractivity contribution in [3.05, 3.63) is 136 Å². The van der Waals surface area contributed by atoms with Gasteiger partial charge in [-0.15, -0.1) is 0 Å². The number of hydrogen-bond donors (Lipinski definition) is 0. The van der Waals surface area contributed by atoms with Gasteiger partial charge in [-0.2, -0.15) is 0 Å². The molecule has 0 radical (unpaired) electrons. The van der Waals surface area contributed by atoms with Gasteiger partial charge in [0.15, 0.2) is 0 Å². The number of imidazole rings is 1. The first kappa shape index (κ1) is 19.1. The number of hydrogen-bond acceptors (Lipinski definition) is 1. The van der Waals surface area contributed by atoms with Gasteiger partial charge in [0.05, 0.1) is 16.9 Å². The highest BCUT2D eigenvalue weighted by atomic mass is 79.9. The van der Waals surface area contributed by atoms with E-state index >= 15 is 0 Å². The summed E-state index contributed by atoms with van der Waals surface area (Å²) in [6.07, 6.45) is 1.90. The molecule has 4 aromatic carbocycles. The summed E-state index contributed by atoms with van der Waals surface area (Å²) in [5.74, 6) is 0. The first-order chi connectivity index (χ1) is 14.7. The second-order valence-electron chi connectivity index (χ2n) is 7.15. The van der Waals surface area contributed by atoms with E-state index in [0.717, 1.165) is 32.2 Å². The summed E-state index contributed by atoms with van der Waals surface area (Å²) in [6, 6.07) is 35.7. The maximum Gasteiger partial charge on any atom is 0.122 e. The van der Waals surface area contributed by atoms with Crippen LogP contribution in [-0.4, -0.2) is 9.55 Å². The van der Waals surface area contributed by atoms with Gasteiger partial charge in [-0.3, -0.25) is 0 Å². The summed E-state index contributed by atoms with van der Waals surface area (Å²) >= 11 is 10.1. The van der Waals surface area contributed by atoms with Crippen LogP contribution in [0.1, 0.15) is 16.7 Å². The quantitative estimate of drug-likeness (QED) is 0.251. The van der Waals surface area contributed by atoms with Crippen molar-refractivity contribution in [3.63, 3.8) is 0 Å². The lowest BCUT2D eigenvalue weighted by Crippen LogP contribution is -2.37. The Morgan fingerprint density at radius 3 is 1.60 bits per heavy atom. The molecule has 0 saturated carbocycles. The van der Waals surface area contributed by atoms with Crippen molar-refractivity contribution in [2.45, 2.75) is 5.54 Å². The first-order valence-corrected chi connectivity index (χ1v) is 10.9. The minimum atomic E-state index is -0.601. The Morgan fingerprint density at radius 1 is 0.667 bits per heavy atom. The molecule has 5 aromatic rings. The van der Waals surface area contributed by atoms with E-state index in [1.807, 2.05) is 30.6 Å². The molecule has 0 unspecified atom stereocenters. The van der Waals surface area contributed by atoms with Gasteiger partial charge in [0, 0.05) is 4.47 Å². The molecular weight excluding hydrogens is 456 g/mol. The summed E-state index contributed by atoms with van der Waals surface area (Å²) in [5, 5.41) is 0.620. The minimum Gasteiger partial charge on any atom is -0.312 e. The summed E-state index contributed by atoms with van der Waals surface area (Å²) < 4.78 is 3.08. The summed E-state index contributed by atoms with van der Waals surface area (Å²) in [5.41, 5.74) is 4.61. The average Bonchev–Trinajstić information content (AvgIpc) is 3.24. The third-order valence-electron chi connectivity index (χ3n) is 5.55. The molecule has 1 aromatic heterocycles. The van der Waals surface area contributed by atoms with E-state index in [1.165, 1.54) is 0 Å². The van der Waals surface area contributed by atoms with Crippen molar-refractivity contribution >= 4 is 38.6 Å². The number of nitrogens with zero attached hydrogens (tertiary/aromatic N) is 2. The van der Waals surface area contributed by atoms with Crippen LogP contribution in [0.25, 0.3) is 11.0 Å². The number of halogens is 2. The zero-order valence-electron chi connectivity index (χ0n) is 16.0. The molecule has 0 fully saturated rings. The van der Waals surface area contributed by atoms with E-state index in [1.54, 1.807) is 0 Å². The third-order valence-corrected chi connectivity index (χ3v) is 6.82. The molecule has 4 heteroatoms. The molecule has 2 nitrogen and oxygen atoms in total. The molecule has 0 spiro atoms. The van der Waals surface area contributed by atoms with Crippen molar-refractivity contribution in [2.75, 3.05) is 0 Å². The Hall–Kier alpha value is -2.88. The van der Waals surface area contributed by atoms with Gasteiger partial charge in [-0.1, -0.05) is 103 Å². The zero-order chi connectivity index (χ0) is 20.6. The van der Waals surface area contributed by atoms with Crippen LogP contribution in [0.4, 0.5) is 0 Å². The van der Waals surface area contributed by atoms with E-state index < -0.39 is 5.54 Å². The highest BCUT2D eigenvalue weighted by Crippen LogP contribution is 2.43. The molecule has 0 aliphatic carbocycles. The maximum absolute atomic E-state index is 6.60. The molecule has 0 atom stereocenters. The zero-order valence-corrected chi connectivity index (χ0v) is 18.4. The number of rotatable bonds is 4. The maximum atomic E-state index is 6.60. The van der Waals surface area contributed by atoms with E-state index in [0.29, 0.717) is 5.02 Å². The summed E-state index contributed by atoms with van der Waals surface area (Å²) in [6.45, 7) is 0. The van der Waals surface area contributed by atoms with Gasteiger partial charge in [0.1, 0.15) is 11.1 Å². The molecule has 0 saturated heterocycles. The van der Waals surface area contributed by atoms with Gasteiger partial charge in [-0.05, 0) is 44.8 Å². The second kappa shape index (κ2) is 7.75. The van der Waals surface area contributed by atoms with Gasteiger partial charge in [0.2, 0.25) is 0 Å². The van der Waals surface area contributed by atoms with Gasteiger partial charge in [-0.25, -0.2) is 4.98 Å². The standard InChI is InChI=1S/C26H18BrClN2/c27-22-16-17-23-25(24(22)28)29-18-30(23)26(19-10-4-1-5-11-19,20-12-6-2-7-13-20)21-14-8-3-9-15-21/h1-18H. The van der Waals surface area contributed by atoms with Crippen LogP contribution in [0.3, 0.4) is 0 Å². The van der Waals surface area contributed by atoms with E-state index in [-0.39, 0.29) is 0 Å². The number of benzene rings is 4. The molecule has 146 valence electrons. The molecule has 0 amide bonds. The van der Waals surface area contributed by atoms with Crippen LogP contribution in [-0.2, 0) is 5.54 Å². The van der Waals surface area contributed by atoms with Gasteiger partial charge in [0.25, 0.3) is 0 Å². The second-order valence-corrected chi connectivity index (χ2v) is 8.38. The molecular formula is C26H18BrClN2. The van der Waals surface area contributed by atoms with E-state index in [9.17, 15) is 0 Å². The molecule has 0 N–H and O–H groups in total. The van der Waals surface area contributed by atoms with Crippen molar-refractivity contribution in [2.24, 2.45) is 0 Å². The molecule has 0 aliphatic heterocycles. The average molecular weight is 474 g/mol. The molecule has 0 aliphatic rings. The normalized spacial score (nSPS) is 11.7. The fourth-order valence-electron chi connectivity index (χ4n) is 4.25.